The highest BCUT2D eigenvalue weighted by Crippen LogP contribution is 2.14. The molecule has 1 aromatic carbocycles. The Morgan fingerprint density at radius 3 is 2.86 bits per heavy atom. The average molecular weight is 285 g/mol. The zero-order chi connectivity index (χ0) is 14.7. The number of fused-ring (bicyclic) bond motifs is 1. The summed E-state index contributed by atoms with van der Waals surface area (Å²) in [5.41, 5.74) is 2.04. The number of hydrogen-bond donors (Lipinski definition) is 2. The molecular formula is C15H19N5O. The molecule has 21 heavy (non-hydrogen) atoms. The normalized spacial score (nSPS) is 13.0. The number of carbonyl (C=O) groups excluding carboxylic acids is 1. The summed E-state index contributed by atoms with van der Waals surface area (Å²) < 4.78 is 2.08. The van der Waals surface area contributed by atoms with E-state index in [0.717, 1.165) is 43.1 Å². The van der Waals surface area contributed by atoms with Crippen molar-refractivity contribution in [3.63, 3.8) is 0 Å². The Hall–Kier alpha value is -2.37. The van der Waals surface area contributed by atoms with Gasteiger partial charge in [0.1, 0.15) is 5.82 Å². The first kappa shape index (κ1) is 13.6. The maximum Gasteiger partial charge on any atom is 0.319 e. The molecule has 2 aromatic rings. The van der Waals surface area contributed by atoms with Crippen LogP contribution in [0.25, 0.3) is 0 Å². The van der Waals surface area contributed by atoms with Gasteiger partial charge in [0.2, 0.25) is 0 Å². The Balaban J connectivity index is 1.54. The molecule has 0 bridgehead atoms. The lowest BCUT2D eigenvalue weighted by Crippen LogP contribution is -2.29. The molecule has 0 saturated heterocycles. The number of nitrogens with zero attached hydrogens (tertiary/aromatic N) is 3. The molecule has 0 atom stereocenters. The van der Waals surface area contributed by atoms with E-state index in [2.05, 4.69) is 32.3 Å². The third-order valence-electron chi connectivity index (χ3n) is 3.71. The van der Waals surface area contributed by atoms with Crippen molar-refractivity contribution < 1.29 is 4.79 Å². The SMILES string of the molecule is CCc1ccc(NC(=O)NCc2nnc3n2CCC3)cc1. The minimum absolute atomic E-state index is 0.227. The third kappa shape index (κ3) is 3.04. The fourth-order valence-corrected chi connectivity index (χ4v) is 2.50. The Labute approximate surface area is 123 Å². The first-order valence-corrected chi connectivity index (χ1v) is 7.31. The van der Waals surface area contributed by atoms with Gasteiger partial charge >= 0.3 is 6.03 Å². The van der Waals surface area contributed by atoms with Crippen LogP contribution in [0, 0.1) is 0 Å². The maximum absolute atomic E-state index is 11.9. The summed E-state index contributed by atoms with van der Waals surface area (Å²) in [4.78, 5) is 11.9. The summed E-state index contributed by atoms with van der Waals surface area (Å²) in [6.07, 6.45) is 3.07. The number of anilines is 1. The van der Waals surface area contributed by atoms with E-state index in [0.29, 0.717) is 6.54 Å². The standard InChI is InChI=1S/C15H19N5O/c1-2-11-5-7-12(8-6-11)17-15(21)16-10-14-19-18-13-4-3-9-20(13)14/h5-8H,2-4,9-10H2,1H3,(H2,16,17,21). The van der Waals surface area contributed by atoms with E-state index in [1.54, 1.807) is 0 Å². The summed E-state index contributed by atoms with van der Waals surface area (Å²) >= 11 is 0. The molecule has 0 aliphatic carbocycles. The number of rotatable bonds is 4. The van der Waals surface area contributed by atoms with E-state index in [1.807, 2.05) is 24.3 Å². The second kappa shape index (κ2) is 5.95. The Kier molecular flexibility index (Phi) is 3.85. The highest BCUT2D eigenvalue weighted by atomic mass is 16.2. The lowest BCUT2D eigenvalue weighted by Gasteiger charge is -2.08. The van der Waals surface area contributed by atoms with Gasteiger partial charge in [0.25, 0.3) is 0 Å². The Bertz CT molecular complexity index is 632. The van der Waals surface area contributed by atoms with Crippen molar-refractivity contribution in [2.75, 3.05) is 5.32 Å². The smallest absolute Gasteiger partial charge is 0.319 e. The summed E-state index contributed by atoms with van der Waals surface area (Å²) in [6, 6.07) is 7.62. The molecule has 0 saturated carbocycles. The van der Waals surface area contributed by atoms with Crippen LogP contribution in [0.4, 0.5) is 10.5 Å². The summed E-state index contributed by atoms with van der Waals surface area (Å²) in [5, 5.41) is 13.9. The van der Waals surface area contributed by atoms with Crippen molar-refractivity contribution in [2.24, 2.45) is 0 Å². The van der Waals surface area contributed by atoms with Gasteiger partial charge in [-0.25, -0.2) is 4.79 Å². The molecule has 3 rings (SSSR count). The topological polar surface area (TPSA) is 71.8 Å². The van der Waals surface area contributed by atoms with Gasteiger partial charge in [-0.3, -0.25) is 0 Å². The molecule has 6 nitrogen and oxygen atoms in total. The average Bonchev–Trinajstić information content (AvgIpc) is 3.09. The van der Waals surface area contributed by atoms with Crippen LogP contribution < -0.4 is 10.6 Å². The lowest BCUT2D eigenvalue weighted by molar-refractivity contribution is 0.251. The molecule has 0 unspecified atom stereocenters. The van der Waals surface area contributed by atoms with E-state index in [9.17, 15) is 4.79 Å². The van der Waals surface area contributed by atoms with Crippen LogP contribution in [0.2, 0.25) is 0 Å². The zero-order valence-electron chi connectivity index (χ0n) is 12.1. The van der Waals surface area contributed by atoms with E-state index in [-0.39, 0.29) is 6.03 Å². The number of carbonyl (C=O) groups is 1. The molecule has 6 heteroatoms. The fourth-order valence-electron chi connectivity index (χ4n) is 2.50. The molecule has 1 aliphatic rings. The first-order valence-electron chi connectivity index (χ1n) is 7.31. The summed E-state index contributed by atoms with van der Waals surface area (Å²) in [5.74, 6) is 1.83. The molecule has 0 spiro atoms. The molecule has 1 aromatic heterocycles. The third-order valence-corrected chi connectivity index (χ3v) is 3.71. The van der Waals surface area contributed by atoms with Crippen molar-refractivity contribution in [1.82, 2.24) is 20.1 Å². The quantitative estimate of drug-likeness (QED) is 0.903. The van der Waals surface area contributed by atoms with Crippen LogP contribution in [0.1, 0.15) is 30.6 Å². The highest BCUT2D eigenvalue weighted by molar-refractivity contribution is 5.89. The predicted molar refractivity (Wildman–Crippen MR) is 80.0 cm³/mol. The van der Waals surface area contributed by atoms with Crippen molar-refractivity contribution in [3.05, 3.63) is 41.5 Å². The van der Waals surface area contributed by atoms with Gasteiger partial charge < -0.3 is 15.2 Å². The van der Waals surface area contributed by atoms with Crippen LogP contribution in [0.15, 0.2) is 24.3 Å². The zero-order valence-corrected chi connectivity index (χ0v) is 12.1. The number of benzene rings is 1. The lowest BCUT2D eigenvalue weighted by atomic mass is 10.1. The van der Waals surface area contributed by atoms with E-state index in [1.165, 1.54) is 5.56 Å². The van der Waals surface area contributed by atoms with E-state index < -0.39 is 0 Å². The number of amides is 2. The predicted octanol–water partition coefficient (Wildman–Crippen LogP) is 2.11. The molecule has 2 amide bonds. The molecule has 2 heterocycles. The van der Waals surface area contributed by atoms with Crippen LogP contribution >= 0.6 is 0 Å². The number of aromatic nitrogens is 3. The minimum atomic E-state index is -0.227. The molecular weight excluding hydrogens is 266 g/mol. The van der Waals surface area contributed by atoms with Crippen LogP contribution in [-0.2, 0) is 25.9 Å². The Morgan fingerprint density at radius 2 is 2.10 bits per heavy atom. The molecule has 0 fully saturated rings. The second-order valence-electron chi connectivity index (χ2n) is 5.15. The summed E-state index contributed by atoms with van der Waals surface area (Å²) in [7, 11) is 0. The van der Waals surface area contributed by atoms with Crippen LogP contribution in [-0.4, -0.2) is 20.8 Å². The van der Waals surface area contributed by atoms with Gasteiger partial charge in [0, 0.05) is 18.7 Å². The van der Waals surface area contributed by atoms with Gasteiger partial charge in [0.15, 0.2) is 5.82 Å². The molecule has 2 N–H and O–H groups in total. The number of nitrogens with one attached hydrogen (secondary N) is 2. The largest absolute Gasteiger partial charge is 0.331 e. The maximum atomic E-state index is 11.9. The van der Waals surface area contributed by atoms with Crippen molar-refractivity contribution in [3.8, 4) is 0 Å². The van der Waals surface area contributed by atoms with E-state index >= 15 is 0 Å². The van der Waals surface area contributed by atoms with Crippen molar-refractivity contribution >= 4 is 11.7 Å². The molecule has 1 aliphatic heterocycles. The van der Waals surface area contributed by atoms with Crippen LogP contribution in [0.5, 0.6) is 0 Å². The van der Waals surface area contributed by atoms with Crippen LogP contribution in [0.3, 0.4) is 0 Å². The fraction of sp³-hybridized carbons (Fsp3) is 0.400. The Morgan fingerprint density at radius 1 is 1.29 bits per heavy atom. The van der Waals surface area contributed by atoms with Crippen molar-refractivity contribution in [2.45, 2.75) is 39.3 Å². The van der Waals surface area contributed by atoms with Crippen molar-refractivity contribution in [1.29, 1.82) is 0 Å². The number of aryl methyl sites for hydroxylation is 2. The van der Waals surface area contributed by atoms with Gasteiger partial charge in [-0.1, -0.05) is 19.1 Å². The molecule has 110 valence electrons. The van der Waals surface area contributed by atoms with Gasteiger partial charge in [-0.05, 0) is 30.5 Å². The second-order valence-corrected chi connectivity index (χ2v) is 5.15. The van der Waals surface area contributed by atoms with Gasteiger partial charge in [0.05, 0.1) is 6.54 Å². The first-order chi connectivity index (χ1) is 10.3. The minimum Gasteiger partial charge on any atom is -0.331 e. The highest BCUT2D eigenvalue weighted by Gasteiger charge is 2.17. The molecule has 0 radical (unpaired) electrons. The number of urea groups is 1. The van der Waals surface area contributed by atoms with Gasteiger partial charge in [-0.2, -0.15) is 0 Å². The van der Waals surface area contributed by atoms with Gasteiger partial charge in [-0.15, -0.1) is 10.2 Å². The number of hydrogen-bond acceptors (Lipinski definition) is 3. The monoisotopic (exact) mass is 285 g/mol. The van der Waals surface area contributed by atoms with E-state index in [4.69, 9.17) is 0 Å². The summed E-state index contributed by atoms with van der Waals surface area (Å²) in [6.45, 7) is 3.44.